The second kappa shape index (κ2) is 8.36. The topological polar surface area (TPSA) is 78.3 Å². The standard InChI is InChI=1S/C25H21N5OS/c1-31-19-12-8-17(9-13-19)24-23(20-14-15-27-25(28-20)32-2)22-5-3-4-21(30(22)29-24)16-6-10-18(26)11-7-16/h3-15H,26H2,1-2H3. The number of rotatable bonds is 5. The molecule has 0 radical (unpaired) electrons. The molecule has 0 saturated carbocycles. The average molecular weight is 440 g/mol. The number of hydrogen-bond acceptors (Lipinski definition) is 6. The number of hydrogen-bond donors (Lipinski definition) is 1. The molecular formula is C25H21N5OS. The molecule has 32 heavy (non-hydrogen) atoms. The van der Waals surface area contributed by atoms with Gasteiger partial charge in [-0.1, -0.05) is 30.0 Å². The van der Waals surface area contributed by atoms with E-state index >= 15 is 0 Å². The normalized spacial score (nSPS) is 11.1. The van der Waals surface area contributed by atoms with Gasteiger partial charge < -0.3 is 10.5 Å². The lowest BCUT2D eigenvalue weighted by atomic mass is 10.0. The SMILES string of the molecule is COc1ccc(-c2nn3c(-c4ccc(N)cc4)cccc3c2-c2ccnc(SC)n2)cc1. The number of aromatic nitrogens is 4. The summed E-state index contributed by atoms with van der Waals surface area (Å²) in [6.45, 7) is 0. The van der Waals surface area contributed by atoms with Crippen molar-refractivity contribution >= 4 is 23.0 Å². The van der Waals surface area contributed by atoms with Gasteiger partial charge in [0.2, 0.25) is 0 Å². The molecule has 0 aliphatic rings. The van der Waals surface area contributed by atoms with Crippen LogP contribution in [0.3, 0.4) is 0 Å². The first-order chi connectivity index (χ1) is 15.7. The van der Waals surface area contributed by atoms with Gasteiger partial charge >= 0.3 is 0 Å². The molecule has 0 aliphatic heterocycles. The van der Waals surface area contributed by atoms with Crippen LogP contribution in [-0.2, 0) is 0 Å². The summed E-state index contributed by atoms with van der Waals surface area (Å²) in [7, 11) is 1.66. The zero-order valence-corrected chi connectivity index (χ0v) is 18.5. The minimum atomic E-state index is 0.720. The molecule has 0 unspecified atom stereocenters. The Bertz CT molecular complexity index is 1390. The molecule has 158 valence electrons. The first-order valence-corrected chi connectivity index (χ1v) is 11.3. The number of thioether (sulfide) groups is 1. The number of pyridine rings is 1. The minimum Gasteiger partial charge on any atom is -0.497 e. The summed E-state index contributed by atoms with van der Waals surface area (Å²) in [5.41, 5.74) is 13.2. The number of methoxy groups -OCH3 is 1. The van der Waals surface area contributed by atoms with Crippen LogP contribution in [0.1, 0.15) is 0 Å². The average Bonchev–Trinajstić information content (AvgIpc) is 3.24. The van der Waals surface area contributed by atoms with E-state index < -0.39 is 0 Å². The van der Waals surface area contributed by atoms with E-state index in [-0.39, 0.29) is 0 Å². The molecule has 0 saturated heterocycles. The number of fused-ring (bicyclic) bond motifs is 1. The summed E-state index contributed by atoms with van der Waals surface area (Å²) in [5, 5.41) is 5.77. The largest absolute Gasteiger partial charge is 0.497 e. The van der Waals surface area contributed by atoms with Gasteiger partial charge in [0, 0.05) is 23.0 Å². The van der Waals surface area contributed by atoms with Gasteiger partial charge in [0.25, 0.3) is 0 Å². The van der Waals surface area contributed by atoms with Crippen LogP contribution < -0.4 is 10.5 Å². The predicted octanol–water partition coefficient (Wildman–Crippen LogP) is 5.44. The lowest BCUT2D eigenvalue weighted by molar-refractivity contribution is 0.415. The molecule has 3 heterocycles. The fourth-order valence-electron chi connectivity index (χ4n) is 3.72. The highest BCUT2D eigenvalue weighted by molar-refractivity contribution is 7.98. The lowest BCUT2D eigenvalue weighted by Crippen LogP contribution is -1.94. The van der Waals surface area contributed by atoms with Gasteiger partial charge in [-0.2, -0.15) is 5.10 Å². The molecule has 0 fully saturated rings. The minimum absolute atomic E-state index is 0.720. The van der Waals surface area contributed by atoms with E-state index in [4.69, 9.17) is 20.6 Å². The Morgan fingerprint density at radius 3 is 2.38 bits per heavy atom. The molecule has 7 heteroatoms. The molecule has 0 atom stereocenters. The van der Waals surface area contributed by atoms with Crippen LogP contribution in [-0.4, -0.2) is 32.9 Å². The van der Waals surface area contributed by atoms with Crippen molar-refractivity contribution in [2.75, 3.05) is 19.1 Å². The summed E-state index contributed by atoms with van der Waals surface area (Å²) in [5.74, 6) is 0.799. The fourth-order valence-corrected chi connectivity index (χ4v) is 4.08. The van der Waals surface area contributed by atoms with E-state index in [0.717, 1.165) is 55.9 Å². The van der Waals surface area contributed by atoms with Crippen LogP contribution in [0.25, 0.3) is 39.3 Å². The molecule has 6 nitrogen and oxygen atoms in total. The molecule has 3 aromatic heterocycles. The van der Waals surface area contributed by atoms with Crippen molar-refractivity contribution in [2.45, 2.75) is 5.16 Å². The number of anilines is 1. The van der Waals surface area contributed by atoms with E-state index in [1.165, 1.54) is 11.8 Å². The van der Waals surface area contributed by atoms with Gasteiger partial charge in [-0.3, -0.25) is 0 Å². The third-order valence-electron chi connectivity index (χ3n) is 5.30. The van der Waals surface area contributed by atoms with Crippen LogP contribution >= 0.6 is 11.8 Å². The Balaban J connectivity index is 1.80. The number of ether oxygens (including phenoxy) is 1. The van der Waals surface area contributed by atoms with E-state index in [2.05, 4.69) is 17.1 Å². The van der Waals surface area contributed by atoms with Crippen LogP contribution in [0.5, 0.6) is 5.75 Å². The van der Waals surface area contributed by atoms with Crippen molar-refractivity contribution in [3.8, 4) is 39.5 Å². The number of nitrogens with zero attached hydrogens (tertiary/aromatic N) is 4. The van der Waals surface area contributed by atoms with Crippen LogP contribution in [0.15, 0.2) is 84.1 Å². The summed E-state index contributed by atoms with van der Waals surface area (Å²) < 4.78 is 7.31. The van der Waals surface area contributed by atoms with Crippen LogP contribution in [0.2, 0.25) is 0 Å². The third kappa shape index (κ3) is 3.56. The van der Waals surface area contributed by atoms with Crippen LogP contribution in [0, 0.1) is 0 Å². The molecule has 2 N–H and O–H groups in total. The fraction of sp³-hybridized carbons (Fsp3) is 0.0800. The summed E-state index contributed by atoms with van der Waals surface area (Å²) >= 11 is 1.52. The first kappa shape index (κ1) is 20.1. The highest BCUT2D eigenvalue weighted by Gasteiger charge is 2.20. The Hall–Kier alpha value is -3.84. The van der Waals surface area contributed by atoms with E-state index in [1.54, 1.807) is 13.3 Å². The molecule has 0 amide bonds. The van der Waals surface area contributed by atoms with Crippen molar-refractivity contribution in [3.63, 3.8) is 0 Å². The summed E-state index contributed by atoms with van der Waals surface area (Å²) in [6.07, 6.45) is 3.76. The molecule has 2 aromatic carbocycles. The van der Waals surface area contributed by atoms with Crippen molar-refractivity contribution in [3.05, 3.63) is 79.0 Å². The van der Waals surface area contributed by atoms with Crippen molar-refractivity contribution in [1.82, 2.24) is 19.6 Å². The van der Waals surface area contributed by atoms with Gasteiger partial charge in [-0.15, -0.1) is 0 Å². The van der Waals surface area contributed by atoms with Gasteiger partial charge in [-0.05, 0) is 60.9 Å². The second-order valence-corrected chi connectivity index (χ2v) is 7.98. The quantitative estimate of drug-likeness (QED) is 0.223. The summed E-state index contributed by atoms with van der Waals surface area (Å²) in [4.78, 5) is 9.12. The maximum atomic E-state index is 5.90. The Labute approximate surface area is 190 Å². The maximum absolute atomic E-state index is 5.90. The second-order valence-electron chi connectivity index (χ2n) is 7.21. The molecule has 5 aromatic rings. The maximum Gasteiger partial charge on any atom is 0.187 e. The third-order valence-corrected chi connectivity index (χ3v) is 5.86. The van der Waals surface area contributed by atoms with Gasteiger partial charge in [0.15, 0.2) is 5.16 Å². The van der Waals surface area contributed by atoms with Crippen LogP contribution in [0.4, 0.5) is 5.69 Å². The molecule has 0 spiro atoms. The molecule has 0 bridgehead atoms. The highest BCUT2D eigenvalue weighted by atomic mass is 32.2. The molecular weight excluding hydrogens is 418 g/mol. The van der Waals surface area contributed by atoms with Gasteiger partial charge in [0.05, 0.1) is 29.6 Å². The Kier molecular flexibility index (Phi) is 5.25. The Morgan fingerprint density at radius 1 is 0.906 bits per heavy atom. The van der Waals surface area contributed by atoms with Crippen molar-refractivity contribution < 1.29 is 4.74 Å². The van der Waals surface area contributed by atoms with Crippen molar-refractivity contribution in [2.24, 2.45) is 0 Å². The zero-order valence-electron chi connectivity index (χ0n) is 17.7. The molecule has 0 aliphatic carbocycles. The number of benzene rings is 2. The first-order valence-electron chi connectivity index (χ1n) is 10.1. The van der Waals surface area contributed by atoms with Gasteiger partial charge in [0.1, 0.15) is 11.4 Å². The predicted molar refractivity (Wildman–Crippen MR) is 130 cm³/mol. The lowest BCUT2D eigenvalue weighted by Gasteiger charge is -2.07. The highest BCUT2D eigenvalue weighted by Crippen LogP contribution is 2.37. The number of nitrogen functional groups attached to an aromatic ring is 1. The number of nitrogens with two attached hydrogens (primary N) is 1. The molecule has 5 rings (SSSR count). The monoisotopic (exact) mass is 439 g/mol. The van der Waals surface area contributed by atoms with Crippen molar-refractivity contribution in [1.29, 1.82) is 0 Å². The van der Waals surface area contributed by atoms with E-state index in [1.807, 2.05) is 71.4 Å². The van der Waals surface area contributed by atoms with Gasteiger partial charge in [-0.25, -0.2) is 14.5 Å². The summed E-state index contributed by atoms with van der Waals surface area (Å²) in [6, 6.07) is 23.8. The van der Waals surface area contributed by atoms with E-state index in [9.17, 15) is 0 Å². The zero-order chi connectivity index (χ0) is 22.1. The van der Waals surface area contributed by atoms with E-state index in [0.29, 0.717) is 0 Å². The smallest absolute Gasteiger partial charge is 0.187 e. The Morgan fingerprint density at radius 2 is 1.66 bits per heavy atom.